The highest BCUT2D eigenvalue weighted by molar-refractivity contribution is 5.89. The number of rotatable bonds is 4. The van der Waals surface area contributed by atoms with Crippen molar-refractivity contribution in [3.63, 3.8) is 0 Å². The van der Waals surface area contributed by atoms with E-state index in [1.54, 1.807) is 19.1 Å². The molecule has 0 saturated carbocycles. The van der Waals surface area contributed by atoms with E-state index in [0.717, 1.165) is 22.8 Å². The molecule has 5 heteroatoms. The molecular weight excluding hydrogens is 254 g/mol. The normalized spacial score (nSPS) is 10.4. The number of hydrogen-bond acceptors (Lipinski definition) is 4. The number of aromatic nitrogens is 2. The molecule has 0 spiro atoms. The lowest BCUT2D eigenvalue weighted by atomic mass is 10.2. The minimum Gasteiger partial charge on any atom is -0.462 e. The first kappa shape index (κ1) is 14.1. The van der Waals surface area contributed by atoms with E-state index in [0.29, 0.717) is 12.2 Å². The molecule has 0 unspecified atom stereocenters. The van der Waals surface area contributed by atoms with Crippen LogP contribution in [0.15, 0.2) is 24.3 Å². The van der Waals surface area contributed by atoms with Crippen LogP contribution in [0.25, 0.3) is 0 Å². The molecule has 1 aromatic carbocycles. The van der Waals surface area contributed by atoms with Gasteiger partial charge in [-0.3, -0.25) is 4.68 Å². The number of benzene rings is 1. The Morgan fingerprint density at radius 3 is 2.45 bits per heavy atom. The van der Waals surface area contributed by atoms with Crippen LogP contribution in [0.5, 0.6) is 0 Å². The molecule has 1 aromatic heterocycles. The van der Waals surface area contributed by atoms with E-state index < -0.39 is 0 Å². The largest absolute Gasteiger partial charge is 0.462 e. The maximum absolute atomic E-state index is 11.6. The summed E-state index contributed by atoms with van der Waals surface area (Å²) in [5.74, 6) is -0.298. The molecule has 20 heavy (non-hydrogen) atoms. The molecule has 0 amide bonds. The first-order valence-corrected chi connectivity index (χ1v) is 6.57. The number of carbonyl (C=O) groups is 1. The van der Waals surface area contributed by atoms with Crippen LogP contribution in [0.4, 0.5) is 11.4 Å². The zero-order valence-corrected chi connectivity index (χ0v) is 12.2. The van der Waals surface area contributed by atoms with Gasteiger partial charge >= 0.3 is 5.97 Å². The summed E-state index contributed by atoms with van der Waals surface area (Å²) in [6.45, 7) is 6.15. The van der Waals surface area contributed by atoms with Gasteiger partial charge in [-0.2, -0.15) is 5.10 Å². The van der Waals surface area contributed by atoms with Gasteiger partial charge in [-0.15, -0.1) is 0 Å². The van der Waals surface area contributed by atoms with E-state index >= 15 is 0 Å². The van der Waals surface area contributed by atoms with Crippen LogP contribution in [0.3, 0.4) is 0 Å². The van der Waals surface area contributed by atoms with Crippen molar-refractivity contribution in [2.24, 2.45) is 7.05 Å². The predicted molar refractivity (Wildman–Crippen MR) is 78.4 cm³/mol. The summed E-state index contributed by atoms with van der Waals surface area (Å²) in [6, 6.07) is 7.22. The van der Waals surface area contributed by atoms with Gasteiger partial charge < -0.3 is 10.1 Å². The number of nitrogens with one attached hydrogen (secondary N) is 1. The molecule has 5 nitrogen and oxygen atoms in total. The van der Waals surface area contributed by atoms with Gasteiger partial charge in [0.05, 0.1) is 29.2 Å². The van der Waals surface area contributed by atoms with Crippen LogP contribution in [0.2, 0.25) is 0 Å². The molecule has 0 aliphatic carbocycles. The molecule has 0 bridgehead atoms. The SMILES string of the molecule is CCOC(=O)c1ccc(Nc2c(C)nn(C)c2C)cc1. The Balaban J connectivity index is 2.17. The second-order valence-electron chi connectivity index (χ2n) is 4.59. The van der Waals surface area contributed by atoms with Gasteiger partial charge in [-0.1, -0.05) is 0 Å². The van der Waals surface area contributed by atoms with Crippen molar-refractivity contribution in [3.8, 4) is 0 Å². The standard InChI is InChI=1S/C15H19N3O2/c1-5-20-15(19)12-6-8-13(9-7-12)16-14-10(2)17-18(4)11(14)3/h6-9,16H,5H2,1-4H3. The third-order valence-corrected chi connectivity index (χ3v) is 3.17. The minimum absolute atomic E-state index is 0.298. The summed E-state index contributed by atoms with van der Waals surface area (Å²) in [5.41, 5.74) is 4.47. The van der Waals surface area contributed by atoms with Gasteiger partial charge in [0, 0.05) is 12.7 Å². The fourth-order valence-corrected chi connectivity index (χ4v) is 2.00. The van der Waals surface area contributed by atoms with Gasteiger partial charge in [0.1, 0.15) is 0 Å². The summed E-state index contributed by atoms with van der Waals surface area (Å²) in [5, 5.41) is 7.68. The van der Waals surface area contributed by atoms with E-state index in [-0.39, 0.29) is 5.97 Å². The Morgan fingerprint density at radius 2 is 1.95 bits per heavy atom. The monoisotopic (exact) mass is 273 g/mol. The second-order valence-corrected chi connectivity index (χ2v) is 4.59. The fraction of sp³-hybridized carbons (Fsp3) is 0.333. The summed E-state index contributed by atoms with van der Waals surface area (Å²) >= 11 is 0. The van der Waals surface area contributed by atoms with Crippen molar-refractivity contribution in [1.82, 2.24) is 9.78 Å². The van der Waals surface area contributed by atoms with Gasteiger partial charge in [-0.25, -0.2) is 4.79 Å². The Kier molecular flexibility index (Phi) is 4.08. The van der Waals surface area contributed by atoms with E-state index in [9.17, 15) is 4.79 Å². The number of esters is 1. The number of aryl methyl sites for hydroxylation is 2. The Labute approximate surface area is 118 Å². The molecule has 0 aliphatic heterocycles. The van der Waals surface area contributed by atoms with Crippen molar-refractivity contribution < 1.29 is 9.53 Å². The van der Waals surface area contributed by atoms with Gasteiger partial charge in [0.25, 0.3) is 0 Å². The van der Waals surface area contributed by atoms with Crippen LogP contribution in [0, 0.1) is 13.8 Å². The number of ether oxygens (including phenoxy) is 1. The lowest BCUT2D eigenvalue weighted by Gasteiger charge is -2.08. The number of hydrogen-bond donors (Lipinski definition) is 1. The molecule has 2 aromatic rings. The molecule has 2 rings (SSSR count). The molecular formula is C15H19N3O2. The zero-order chi connectivity index (χ0) is 14.7. The van der Waals surface area contributed by atoms with Crippen LogP contribution in [-0.4, -0.2) is 22.4 Å². The second kappa shape index (κ2) is 5.77. The number of carbonyl (C=O) groups excluding carboxylic acids is 1. The van der Waals surface area contributed by atoms with Crippen LogP contribution in [-0.2, 0) is 11.8 Å². The molecule has 0 saturated heterocycles. The molecule has 1 N–H and O–H groups in total. The van der Waals surface area contributed by atoms with E-state index in [1.807, 2.05) is 37.7 Å². The van der Waals surface area contributed by atoms with Crippen molar-refractivity contribution >= 4 is 17.3 Å². The highest BCUT2D eigenvalue weighted by Gasteiger charge is 2.10. The van der Waals surface area contributed by atoms with E-state index in [2.05, 4.69) is 10.4 Å². The molecule has 0 radical (unpaired) electrons. The molecule has 0 aliphatic rings. The highest BCUT2D eigenvalue weighted by Crippen LogP contribution is 2.23. The van der Waals surface area contributed by atoms with Crippen LogP contribution < -0.4 is 5.32 Å². The van der Waals surface area contributed by atoms with Gasteiger partial charge in [0.15, 0.2) is 0 Å². The van der Waals surface area contributed by atoms with Crippen molar-refractivity contribution in [1.29, 1.82) is 0 Å². The van der Waals surface area contributed by atoms with E-state index in [4.69, 9.17) is 4.74 Å². The first-order valence-electron chi connectivity index (χ1n) is 6.57. The van der Waals surface area contributed by atoms with Crippen molar-refractivity contribution in [2.45, 2.75) is 20.8 Å². The first-order chi connectivity index (χ1) is 9.52. The maximum Gasteiger partial charge on any atom is 0.338 e. The smallest absolute Gasteiger partial charge is 0.338 e. The summed E-state index contributed by atoms with van der Waals surface area (Å²) in [7, 11) is 1.91. The number of anilines is 2. The van der Waals surface area contributed by atoms with Crippen molar-refractivity contribution in [2.75, 3.05) is 11.9 Å². The van der Waals surface area contributed by atoms with Gasteiger partial charge in [0.2, 0.25) is 0 Å². The Hall–Kier alpha value is -2.30. The topological polar surface area (TPSA) is 56.1 Å². The third-order valence-electron chi connectivity index (χ3n) is 3.17. The average Bonchev–Trinajstić information content (AvgIpc) is 2.66. The Bertz CT molecular complexity index is 615. The highest BCUT2D eigenvalue weighted by atomic mass is 16.5. The number of nitrogens with zero attached hydrogens (tertiary/aromatic N) is 2. The van der Waals surface area contributed by atoms with Gasteiger partial charge in [-0.05, 0) is 45.0 Å². The van der Waals surface area contributed by atoms with E-state index in [1.165, 1.54) is 0 Å². The fourth-order valence-electron chi connectivity index (χ4n) is 2.00. The van der Waals surface area contributed by atoms with Crippen LogP contribution >= 0.6 is 0 Å². The molecule has 0 fully saturated rings. The third kappa shape index (κ3) is 2.82. The maximum atomic E-state index is 11.6. The summed E-state index contributed by atoms with van der Waals surface area (Å²) in [6.07, 6.45) is 0. The summed E-state index contributed by atoms with van der Waals surface area (Å²) < 4.78 is 6.79. The quantitative estimate of drug-likeness (QED) is 0.870. The molecule has 106 valence electrons. The van der Waals surface area contributed by atoms with Crippen LogP contribution in [0.1, 0.15) is 28.7 Å². The molecule has 1 heterocycles. The van der Waals surface area contributed by atoms with Crippen molar-refractivity contribution in [3.05, 3.63) is 41.2 Å². The molecule has 0 atom stereocenters. The lowest BCUT2D eigenvalue weighted by molar-refractivity contribution is 0.0526. The predicted octanol–water partition coefficient (Wildman–Crippen LogP) is 2.96. The summed E-state index contributed by atoms with van der Waals surface area (Å²) in [4.78, 5) is 11.6. The lowest BCUT2D eigenvalue weighted by Crippen LogP contribution is -2.04. The average molecular weight is 273 g/mol. The Morgan fingerprint density at radius 1 is 1.30 bits per heavy atom. The minimum atomic E-state index is -0.298. The zero-order valence-electron chi connectivity index (χ0n) is 12.2.